The maximum atomic E-state index is 13.9. The molecule has 0 aliphatic carbocycles. The zero-order valence-corrected chi connectivity index (χ0v) is 24.3. The Bertz CT molecular complexity index is 1410. The molecule has 2 amide bonds. The number of aryl methyl sites for hydroxylation is 2. The van der Waals surface area contributed by atoms with Crippen molar-refractivity contribution in [2.24, 2.45) is 0 Å². The van der Waals surface area contributed by atoms with Crippen molar-refractivity contribution in [3.63, 3.8) is 0 Å². The number of halogens is 1. The molecule has 0 spiro atoms. The number of rotatable bonds is 11. The summed E-state index contributed by atoms with van der Waals surface area (Å²) in [5.74, 6) is -0.502. The third-order valence-electron chi connectivity index (χ3n) is 6.42. The topological polar surface area (TPSA) is 96.0 Å². The van der Waals surface area contributed by atoms with Crippen molar-refractivity contribution in [3.8, 4) is 5.75 Å². The van der Waals surface area contributed by atoms with Gasteiger partial charge in [-0.15, -0.1) is 0 Å². The lowest BCUT2D eigenvalue weighted by Crippen LogP contribution is -2.51. The van der Waals surface area contributed by atoms with Gasteiger partial charge in [0.05, 0.1) is 22.7 Å². The second-order valence-electron chi connectivity index (χ2n) is 9.19. The largest absolute Gasteiger partial charge is 0.495 e. The highest BCUT2D eigenvalue weighted by atomic mass is 35.5. The first-order valence-electron chi connectivity index (χ1n) is 12.5. The maximum absolute atomic E-state index is 13.9. The third-order valence-corrected chi connectivity index (χ3v) is 8.50. The molecule has 39 heavy (non-hydrogen) atoms. The molecule has 0 aromatic heterocycles. The van der Waals surface area contributed by atoms with Crippen molar-refractivity contribution in [2.75, 3.05) is 25.0 Å². The molecule has 0 fully saturated rings. The van der Waals surface area contributed by atoms with Crippen LogP contribution in [0.4, 0.5) is 5.69 Å². The normalized spacial score (nSPS) is 11.9. The van der Waals surface area contributed by atoms with Crippen LogP contribution in [0.25, 0.3) is 0 Å². The summed E-state index contributed by atoms with van der Waals surface area (Å²) in [5, 5.41) is 2.81. The molecule has 1 atom stereocenters. The van der Waals surface area contributed by atoms with Crippen LogP contribution in [0.3, 0.4) is 0 Å². The van der Waals surface area contributed by atoms with E-state index in [9.17, 15) is 18.0 Å². The van der Waals surface area contributed by atoms with Gasteiger partial charge in [0.25, 0.3) is 10.0 Å². The Morgan fingerprint density at radius 3 is 2.08 bits per heavy atom. The van der Waals surface area contributed by atoms with Crippen molar-refractivity contribution < 1.29 is 22.7 Å². The number of nitrogens with one attached hydrogen (secondary N) is 1. The number of sulfonamides is 1. The monoisotopic (exact) mass is 571 g/mol. The van der Waals surface area contributed by atoms with Gasteiger partial charge in [-0.1, -0.05) is 66.0 Å². The second kappa shape index (κ2) is 13.0. The third kappa shape index (κ3) is 7.10. The number of carbonyl (C=O) groups excluding carboxylic acids is 2. The Kier molecular flexibility index (Phi) is 9.99. The van der Waals surface area contributed by atoms with Crippen LogP contribution < -0.4 is 14.4 Å². The molecule has 0 radical (unpaired) electrons. The van der Waals surface area contributed by atoms with Crippen LogP contribution >= 0.6 is 11.6 Å². The van der Waals surface area contributed by atoms with Gasteiger partial charge in [0.2, 0.25) is 11.8 Å². The number of benzene rings is 3. The van der Waals surface area contributed by atoms with Crippen molar-refractivity contribution in [1.29, 1.82) is 0 Å². The van der Waals surface area contributed by atoms with E-state index in [1.165, 1.54) is 43.3 Å². The highest BCUT2D eigenvalue weighted by Crippen LogP contribution is 2.32. The fraction of sp³-hybridized carbons (Fsp3) is 0.310. The highest BCUT2D eigenvalue weighted by molar-refractivity contribution is 7.92. The van der Waals surface area contributed by atoms with E-state index in [0.717, 1.165) is 21.0 Å². The lowest BCUT2D eigenvalue weighted by atomic mass is 10.1. The second-order valence-corrected chi connectivity index (χ2v) is 11.5. The van der Waals surface area contributed by atoms with Crippen molar-refractivity contribution in [1.82, 2.24) is 10.2 Å². The number of nitrogens with zero attached hydrogens (tertiary/aromatic N) is 2. The molecule has 0 saturated carbocycles. The lowest BCUT2D eigenvalue weighted by Gasteiger charge is -2.33. The number of likely N-dealkylation sites (N-methyl/N-ethyl adjacent to an activating group) is 1. The number of methoxy groups -OCH3 is 1. The van der Waals surface area contributed by atoms with Gasteiger partial charge in [-0.05, 0) is 56.2 Å². The molecule has 0 unspecified atom stereocenters. The van der Waals surface area contributed by atoms with E-state index in [-0.39, 0.29) is 28.1 Å². The van der Waals surface area contributed by atoms with Gasteiger partial charge in [-0.2, -0.15) is 0 Å². The standard InChI is InChI=1S/C29H34ClN3O5S/c1-6-26(29(35)31-4)32(18-22-11-7-20(2)8-12-22)28(34)19-33(23-13-16-27(38-5)25(30)17-23)39(36,37)24-14-9-21(3)10-15-24/h7-17,26H,6,18-19H2,1-5H3,(H,31,35)/t26-/m1/s1. The molecule has 0 aliphatic rings. The quantitative estimate of drug-likeness (QED) is 0.359. The van der Waals surface area contributed by atoms with Crippen LogP contribution in [0.5, 0.6) is 5.75 Å². The van der Waals surface area contributed by atoms with E-state index in [1.807, 2.05) is 38.1 Å². The zero-order valence-electron chi connectivity index (χ0n) is 22.8. The Hall–Kier alpha value is -3.56. The molecule has 208 valence electrons. The van der Waals surface area contributed by atoms with Gasteiger partial charge >= 0.3 is 0 Å². The predicted octanol–water partition coefficient (Wildman–Crippen LogP) is 4.71. The van der Waals surface area contributed by atoms with Gasteiger partial charge in [0.15, 0.2) is 0 Å². The van der Waals surface area contributed by atoms with E-state index in [0.29, 0.717) is 12.2 Å². The van der Waals surface area contributed by atoms with E-state index in [4.69, 9.17) is 16.3 Å². The highest BCUT2D eigenvalue weighted by Gasteiger charge is 2.33. The number of carbonyl (C=O) groups is 2. The summed E-state index contributed by atoms with van der Waals surface area (Å²) < 4.78 is 34.0. The molecule has 0 aliphatic heterocycles. The minimum atomic E-state index is -4.19. The molecule has 0 heterocycles. The minimum absolute atomic E-state index is 0.0243. The number of amides is 2. The Morgan fingerprint density at radius 2 is 1.56 bits per heavy atom. The van der Waals surface area contributed by atoms with Crippen LogP contribution in [0, 0.1) is 13.8 Å². The molecule has 1 N–H and O–H groups in total. The van der Waals surface area contributed by atoms with Gasteiger partial charge in [0.1, 0.15) is 18.3 Å². The summed E-state index contributed by atoms with van der Waals surface area (Å²) in [6, 6.07) is 17.7. The summed E-state index contributed by atoms with van der Waals surface area (Å²) in [5.41, 5.74) is 2.96. The predicted molar refractivity (Wildman–Crippen MR) is 154 cm³/mol. The molecule has 10 heteroatoms. The number of ether oxygens (including phenoxy) is 1. The number of hydrogen-bond acceptors (Lipinski definition) is 5. The fourth-order valence-corrected chi connectivity index (χ4v) is 5.81. The molecule has 0 bridgehead atoms. The van der Waals surface area contributed by atoms with Crippen molar-refractivity contribution in [3.05, 3.63) is 88.4 Å². The SMILES string of the molecule is CC[C@H](C(=O)NC)N(Cc1ccc(C)cc1)C(=O)CN(c1ccc(OC)c(Cl)c1)S(=O)(=O)c1ccc(C)cc1. The molecule has 0 saturated heterocycles. The minimum Gasteiger partial charge on any atom is -0.495 e. The molecule has 3 aromatic carbocycles. The molecular weight excluding hydrogens is 538 g/mol. The smallest absolute Gasteiger partial charge is 0.264 e. The summed E-state index contributed by atoms with van der Waals surface area (Å²) in [6.45, 7) is 5.21. The average molecular weight is 572 g/mol. The van der Waals surface area contributed by atoms with Gasteiger partial charge in [0, 0.05) is 13.6 Å². The first kappa shape index (κ1) is 30.0. The van der Waals surface area contributed by atoms with Crippen molar-refractivity contribution in [2.45, 2.75) is 44.7 Å². The average Bonchev–Trinajstić information content (AvgIpc) is 2.92. The summed E-state index contributed by atoms with van der Waals surface area (Å²) in [7, 11) is -1.22. The molecule has 3 aromatic rings. The Labute approximate surface area is 235 Å². The zero-order chi connectivity index (χ0) is 28.7. The fourth-order valence-electron chi connectivity index (χ4n) is 4.15. The van der Waals surface area contributed by atoms with Gasteiger partial charge < -0.3 is 15.0 Å². The first-order chi connectivity index (χ1) is 18.5. The number of anilines is 1. The Morgan fingerprint density at radius 1 is 0.974 bits per heavy atom. The van der Waals surface area contributed by atoms with Gasteiger partial charge in [-0.3, -0.25) is 13.9 Å². The molecule has 8 nitrogen and oxygen atoms in total. The summed E-state index contributed by atoms with van der Waals surface area (Å²) >= 11 is 6.35. The maximum Gasteiger partial charge on any atom is 0.264 e. The Balaban J connectivity index is 2.09. The van der Waals surface area contributed by atoms with Gasteiger partial charge in [-0.25, -0.2) is 8.42 Å². The summed E-state index contributed by atoms with van der Waals surface area (Å²) in [6.07, 6.45) is 0.344. The lowest BCUT2D eigenvalue weighted by molar-refractivity contribution is -0.140. The molecule has 3 rings (SSSR count). The van der Waals surface area contributed by atoms with E-state index in [1.54, 1.807) is 25.1 Å². The van der Waals surface area contributed by atoms with Crippen LogP contribution in [0.1, 0.15) is 30.0 Å². The van der Waals surface area contributed by atoms with Crippen molar-refractivity contribution >= 4 is 39.1 Å². The van der Waals surface area contributed by atoms with Crippen LogP contribution in [0.15, 0.2) is 71.6 Å². The molecular formula is C29H34ClN3O5S. The number of hydrogen-bond donors (Lipinski definition) is 1. The first-order valence-corrected chi connectivity index (χ1v) is 14.3. The van der Waals surface area contributed by atoms with E-state index in [2.05, 4.69) is 5.32 Å². The summed E-state index contributed by atoms with van der Waals surface area (Å²) in [4.78, 5) is 28.2. The van der Waals surface area contributed by atoms with Crippen LogP contribution in [-0.4, -0.2) is 51.9 Å². The van der Waals surface area contributed by atoms with Crippen LogP contribution in [0.2, 0.25) is 5.02 Å². The van der Waals surface area contributed by atoms with E-state index >= 15 is 0 Å². The van der Waals surface area contributed by atoms with Crippen LogP contribution in [-0.2, 0) is 26.2 Å². The van der Waals surface area contributed by atoms with E-state index < -0.39 is 28.5 Å².